The van der Waals surface area contributed by atoms with Crippen molar-refractivity contribution in [1.82, 2.24) is 15.6 Å². The van der Waals surface area contributed by atoms with E-state index in [-0.39, 0.29) is 29.6 Å². The highest BCUT2D eigenvalue weighted by atomic mass is 32.1. The van der Waals surface area contributed by atoms with Gasteiger partial charge in [0.25, 0.3) is 5.91 Å². The van der Waals surface area contributed by atoms with Crippen LogP contribution in [0.2, 0.25) is 0 Å². The summed E-state index contributed by atoms with van der Waals surface area (Å²) in [4.78, 5) is 37.2. The lowest BCUT2D eigenvalue weighted by molar-refractivity contribution is -0.121. The van der Waals surface area contributed by atoms with E-state index in [0.717, 1.165) is 11.3 Å². The number of carbonyl (C=O) groups excluding carboxylic acids is 2. The third-order valence-corrected chi connectivity index (χ3v) is 3.02. The molecule has 2 amide bonds. The quantitative estimate of drug-likeness (QED) is 0.569. The van der Waals surface area contributed by atoms with Crippen molar-refractivity contribution in [1.29, 1.82) is 0 Å². The van der Waals surface area contributed by atoms with E-state index in [1.807, 2.05) is 0 Å². The highest BCUT2D eigenvalue weighted by molar-refractivity contribution is 7.11. The topological polar surface area (TPSA) is 118 Å². The number of rotatable bonds is 8. The molecular formula is C11H15N3O5S. The molecule has 1 heterocycles. The van der Waals surface area contributed by atoms with Gasteiger partial charge in [-0.1, -0.05) is 0 Å². The maximum Gasteiger partial charge on any atom is 0.355 e. The second-order valence-corrected chi connectivity index (χ2v) is 4.55. The first-order chi connectivity index (χ1) is 9.54. The lowest BCUT2D eigenvalue weighted by Gasteiger charge is -2.05. The molecule has 9 heteroatoms. The van der Waals surface area contributed by atoms with E-state index in [1.165, 1.54) is 12.5 Å². The zero-order valence-electron chi connectivity index (χ0n) is 10.8. The molecule has 0 aliphatic rings. The van der Waals surface area contributed by atoms with Gasteiger partial charge < -0.3 is 20.5 Å². The van der Waals surface area contributed by atoms with Crippen LogP contribution in [-0.2, 0) is 9.53 Å². The van der Waals surface area contributed by atoms with Crippen LogP contribution in [0.4, 0.5) is 0 Å². The van der Waals surface area contributed by atoms with Crippen LogP contribution in [-0.4, -0.2) is 54.7 Å². The summed E-state index contributed by atoms with van der Waals surface area (Å²) in [5, 5.41) is 15.1. The standard InChI is InChI=1S/C11H15N3O5S/c1-19-5-4-12-8(15)2-3-13-9(16)10-14-7(6-20-10)11(17)18/h6H,2-5H2,1H3,(H,12,15)(H,13,16)(H,17,18). The number of thiazole rings is 1. The van der Waals surface area contributed by atoms with E-state index >= 15 is 0 Å². The molecular weight excluding hydrogens is 286 g/mol. The summed E-state index contributed by atoms with van der Waals surface area (Å²) in [6.45, 7) is 0.993. The molecule has 1 rings (SSSR count). The first kappa shape index (κ1) is 16.1. The molecule has 3 N–H and O–H groups in total. The van der Waals surface area contributed by atoms with Crippen LogP contribution in [0.15, 0.2) is 5.38 Å². The fourth-order valence-electron chi connectivity index (χ4n) is 1.22. The fourth-order valence-corrected chi connectivity index (χ4v) is 1.93. The average Bonchev–Trinajstić information content (AvgIpc) is 2.88. The average molecular weight is 301 g/mol. The molecule has 8 nitrogen and oxygen atoms in total. The number of nitrogens with one attached hydrogen (secondary N) is 2. The summed E-state index contributed by atoms with van der Waals surface area (Å²) in [5.74, 6) is -1.88. The summed E-state index contributed by atoms with van der Waals surface area (Å²) < 4.78 is 4.78. The number of carboxylic acids is 1. The van der Waals surface area contributed by atoms with E-state index in [2.05, 4.69) is 15.6 Å². The number of amides is 2. The zero-order chi connectivity index (χ0) is 15.0. The molecule has 0 spiro atoms. The van der Waals surface area contributed by atoms with Gasteiger partial charge in [-0.25, -0.2) is 9.78 Å². The Morgan fingerprint density at radius 1 is 1.35 bits per heavy atom. The smallest absolute Gasteiger partial charge is 0.355 e. The van der Waals surface area contributed by atoms with Crippen molar-refractivity contribution in [3.63, 3.8) is 0 Å². The second kappa shape index (κ2) is 8.23. The molecule has 110 valence electrons. The first-order valence-corrected chi connectivity index (χ1v) is 6.65. The van der Waals surface area contributed by atoms with Crippen LogP contribution in [0, 0.1) is 0 Å². The predicted molar refractivity (Wildman–Crippen MR) is 70.9 cm³/mol. The summed E-state index contributed by atoms with van der Waals surface area (Å²) in [6.07, 6.45) is 0.132. The van der Waals surface area contributed by atoms with Gasteiger partial charge in [0.05, 0.1) is 6.61 Å². The number of carboxylic acid groups (broad SMARTS) is 1. The Bertz CT molecular complexity index is 488. The number of hydrogen-bond acceptors (Lipinski definition) is 6. The Morgan fingerprint density at radius 2 is 2.10 bits per heavy atom. The van der Waals surface area contributed by atoms with Gasteiger partial charge in [-0.05, 0) is 0 Å². The van der Waals surface area contributed by atoms with Gasteiger partial charge in [-0.3, -0.25) is 9.59 Å². The van der Waals surface area contributed by atoms with Gasteiger partial charge >= 0.3 is 5.97 Å². The minimum atomic E-state index is -1.18. The number of aromatic carboxylic acids is 1. The number of hydrogen-bond donors (Lipinski definition) is 3. The SMILES string of the molecule is COCCNC(=O)CCNC(=O)c1nc(C(=O)O)cs1. The van der Waals surface area contributed by atoms with Gasteiger partial charge in [-0.2, -0.15) is 0 Å². The zero-order valence-corrected chi connectivity index (χ0v) is 11.7. The molecule has 0 saturated heterocycles. The molecule has 0 aromatic carbocycles. The molecule has 0 fully saturated rings. The Kier molecular flexibility index (Phi) is 6.60. The highest BCUT2D eigenvalue weighted by Crippen LogP contribution is 2.09. The van der Waals surface area contributed by atoms with E-state index < -0.39 is 11.9 Å². The fraction of sp³-hybridized carbons (Fsp3) is 0.455. The summed E-state index contributed by atoms with van der Waals surface area (Å²) >= 11 is 0.941. The lowest BCUT2D eigenvalue weighted by atomic mass is 10.4. The van der Waals surface area contributed by atoms with Crippen LogP contribution in [0.25, 0.3) is 0 Å². The Labute approximate surface area is 119 Å². The molecule has 0 aliphatic carbocycles. The van der Waals surface area contributed by atoms with Crippen molar-refractivity contribution in [2.75, 3.05) is 26.8 Å². The van der Waals surface area contributed by atoms with E-state index in [9.17, 15) is 14.4 Å². The maximum absolute atomic E-state index is 11.6. The minimum Gasteiger partial charge on any atom is -0.476 e. The number of aromatic nitrogens is 1. The van der Waals surface area contributed by atoms with Gasteiger partial charge in [0, 0.05) is 32.0 Å². The molecule has 1 aromatic heterocycles. The van der Waals surface area contributed by atoms with Crippen LogP contribution in [0.5, 0.6) is 0 Å². The Balaban J connectivity index is 2.29. The van der Waals surface area contributed by atoms with Crippen LogP contribution in [0.1, 0.15) is 26.7 Å². The van der Waals surface area contributed by atoms with Gasteiger partial charge in [0.15, 0.2) is 10.7 Å². The van der Waals surface area contributed by atoms with Crippen molar-refractivity contribution in [3.05, 3.63) is 16.1 Å². The van der Waals surface area contributed by atoms with Crippen LogP contribution < -0.4 is 10.6 Å². The predicted octanol–water partition coefficient (Wildman–Crippen LogP) is -0.276. The first-order valence-electron chi connectivity index (χ1n) is 5.77. The summed E-state index contributed by atoms with van der Waals surface area (Å²) in [7, 11) is 1.53. The molecule has 0 saturated carbocycles. The largest absolute Gasteiger partial charge is 0.476 e. The normalized spacial score (nSPS) is 10.1. The molecule has 0 atom stereocenters. The second-order valence-electron chi connectivity index (χ2n) is 3.69. The van der Waals surface area contributed by atoms with E-state index in [1.54, 1.807) is 0 Å². The van der Waals surface area contributed by atoms with E-state index in [4.69, 9.17) is 9.84 Å². The number of nitrogens with zero attached hydrogens (tertiary/aromatic N) is 1. The minimum absolute atomic E-state index is 0.0576. The number of ether oxygens (including phenoxy) is 1. The molecule has 0 bridgehead atoms. The molecule has 0 aliphatic heterocycles. The van der Waals surface area contributed by atoms with Gasteiger partial charge in [0.2, 0.25) is 5.91 Å². The summed E-state index contributed by atoms with van der Waals surface area (Å²) in [5.41, 5.74) is -0.169. The maximum atomic E-state index is 11.6. The van der Waals surface area contributed by atoms with Crippen molar-refractivity contribution < 1.29 is 24.2 Å². The van der Waals surface area contributed by atoms with Gasteiger partial charge in [0.1, 0.15) is 0 Å². The number of carbonyl (C=O) groups is 3. The van der Waals surface area contributed by atoms with Crippen molar-refractivity contribution >= 4 is 29.1 Å². The summed E-state index contributed by atoms with van der Waals surface area (Å²) in [6, 6.07) is 0. The molecule has 1 aromatic rings. The molecule has 0 radical (unpaired) electrons. The lowest BCUT2D eigenvalue weighted by Crippen LogP contribution is -2.32. The van der Waals surface area contributed by atoms with E-state index in [0.29, 0.717) is 13.2 Å². The Morgan fingerprint density at radius 3 is 2.70 bits per heavy atom. The molecule has 0 unspecified atom stereocenters. The van der Waals surface area contributed by atoms with Crippen molar-refractivity contribution in [3.8, 4) is 0 Å². The van der Waals surface area contributed by atoms with Crippen LogP contribution >= 0.6 is 11.3 Å². The highest BCUT2D eigenvalue weighted by Gasteiger charge is 2.14. The van der Waals surface area contributed by atoms with Gasteiger partial charge in [-0.15, -0.1) is 11.3 Å². The monoisotopic (exact) mass is 301 g/mol. The number of methoxy groups -OCH3 is 1. The van der Waals surface area contributed by atoms with Crippen molar-refractivity contribution in [2.24, 2.45) is 0 Å². The molecule has 20 heavy (non-hydrogen) atoms. The third kappa shape index (κ3) is 5.33. The van der Waals surface area contributed by atoms with Crippen LogP contribution in [0.3, 0.4) is 0 Å². The van der Waals surface area contributed by atoms with Crippen molar-refractivity contribution in [2.45, 2.75) is 6.42 Å². The third-order valence-electron chi connectivity index (χ3n) is 2.18. The Hall–Kier alpha value is -2.00.